The molecule has 0 saturated heterocycles. The van der Waals surface area contributed by atoms with Crippen LogP contribution in [-0.2, 0) is 6.42 Å². The zero-order chi connectivity index (χ0) is 15.4. The second kappa shape index (κ2) is 6.73. The van der Waals surface area contributed by atoms with E-state index in [-0.39, 0.29) is 6.10 Å². The molecule has 22 heavy (non-hydrogen) atoms. The summed E-state index contributed by atoms with van der Waals surface area (Å²) in [5.74, 6) is 1.94. The highest BCUT2D eigenvalue weighted by Gasteiger charge is 2.21. The highest BCUT2D eigenvalue weighted by atomic mass is 16.5. The van der Waals surface area contributed by atoms with Crippen LogP contribution in [0.25, 0.3) is 0 Å². The molecule has 1 aliphatic rings. The standard InChI is InChI=1S/C19H23NO2/c1-3-20(16-9-12-17(21-2)13-10-16)14-18-11-8-15-6-4-5-7-19(15)22-18/h4-7,9-10,12-13,18H,3,8,11,14H2,1-2H3. The number of hydrogen-bond acceptors (Lipinski definition) is 3. The monoisotopic (exact) mass is 297 g/mol. The van der Waals surface area contributed by atoms with E-state index in [2.05, 4.69) is 42.2 Å². The molecule has 0 aromatic heterocycles. The molecule has 116 valence electrons. The van der Waals surface area contributed by atoms with Gasteiger partial charge in [-0.25, -0.2) is 0 Å². The molecule has 3 nitrogen and oxygen atoms in total. The van der Waals surface area contributed by atoms with E-state index in [1.54, 1.807) is 7.11 Å². The SMILES string of the molecule is CCN(CC1CCc2ccccc2O1)c1ccc(OC)cc1. The molecule has 1 atom stereocenters. The molecule has 0 fully saturated rings. The van der Waals surface area contributed by atoms with Crippen molar-refractivity contribution in [3.05, 3.63) is 54.1 Å². The van der Waals surface area contributed by atoms with Crippen LogP contribution in [0.4, 0.5) is 5.69 Å². The molecule has 2 aromatic rings. The molecule has 1 heterocycles. The van der Waals surface area contributed by atoms with Gasteiger partial charge in [0.05, 0.1) is 13.7 Å². The number of methoxy groups -OCH3 is 1. The predicted octanol–water partition coefficient (Wildman–Crippen LogP) is 3.92. The lowest BCUT2D eigenvalue weighted by Gasteiger charge is -2.32. The van der Waals surface area contributed by atoms with Crippen LogP contribution >= 0.6 is 0 Å². The second-order valence-electron chi connectivity index (χ2n) is 5.62. The summed E-state index contributed by atoms with van der Waals surface area (Å²) in [7, 11) is 1.69. The number of rotatable bonds is 5. The Morgan fingerprint density at radius 2 is 1.91 bits per heavy atom. The Balaban J connectivity index is 1.68. The number of para-hydroxylation sites is 1. The molecule has 0 saturated carbocycles. The van der Waals surface area contributed by atoms with Crippen molar-refractivity contribution >= 4 is 5.69 Å². The lowest BCUT2D eigenvalue weighted by molar-refractivity contribution is 0.178. The van der Waals surface area contributed by atoms with Crippen LogP contribution in [0.15, 0.2) is 48.5 Å². The lowest BCUT2D eigenvalue weighted by atomic mass is 10.0. The average molecular weight is 297 g/mol. The van der Waals surface area contributed by atoms with Gasteiger partial charge in [-0.15, -0.1) is 0 Å². The van der Waals surface area contributed by atoms with Gasteiger partial charge in [-0.3, -0.25) is 0 Å². The first-order chi connectivity index (χ1) is 10.8. The molecule has 0 radical (unpaired) electrons. The number of anilines is 1. The van der Waals surface area contributed by atoms with Gasteiger partial charge in [0.25, 0.3) is 0 Å². The fourth-order valence-corrected chi connectivity index (χ4v) is 2.96. The minimum absolute atomic E-state index is 0.247. The smallest absolute Gasteiger partial charge is 0.123 e. The normalized spacial score (nSPS) is 16.5. The van der Waals surface area contributed by atoms with E-state index >= 15 is 0 Å². The first kappa shape index (κ1) is 14.8. The van der Waals surface area contributed by atoms with E-state index in [9.17, 15) is 0 Å². The first-order valence-electron chi connectivity index (χ1n) is 7.93. The van der Waals surface area contributed by atoms with Crippen molar-refractivity contribution in [3.63, 3.8) is 0 Å². The van der Waals surface area contributed by atoms with Gasteiger partial charge in [-0.2, -0.15) is 0 Å². The van der Waals surface area contributed by atoms with E-state index in [1.807, 2.05) is 18.2 Å². The van der Waals surface area contributed by atoms with Crippen molar-refractivity contribution in [3.8, 4) is 11.5 Å². The molecule has 0 aliphatic carbocycles. The fourth-order valence-electron chi connectivity index (χ4n) is 2.96. The zero-order valence-corrected chi connectivity index (χ0v) is 13.3. The van der Waals surface area contributed by atoms with Gasteiger partial charge in [-0.05, 0) is 55.7 Å². The largest absolute Gasteiger partial charge is 0.497 e. The van der Waals surface area contributed by atoms with Crippen LogP contribution in [0.3, 0.4) is 0 Å². The molecule has 0 N–H and O–H groups in total. The maximum absolute atomic E-state index is 6.16. The van der Waals surface area contributed by atoms with Gasteiger partial charge in [-0.1, -0.05) is 18.2 Å². The minimum atomic E-state index is 0.247. The van der Waals surface area contributed by atoms with Gasteiger partial charge >= 0.3 is 0 Å². The third-order valence-electron chi connectivity index (χ3n) is 4.25. The number of fused-ring (bicyclic) bond motifs is 1. The van der Waals surface area contributed by atoms with Gasteiger partial charge in [0, 0.05) is 12.2 Å². The molecule has 1 unspecified atom stereocenters. The Hall–Kier alpha value is -2.16. The summed E-state index contributed by atoms with van der Waals surface area (Å²) < 4.78 is 11.4. The van der Waals surface area contributed by atoms with E-state index in [0.29, 0.717) is 0 Å². The summed E-state index contributed by atoms with van der Waals surface area (Å²) >= 11 is 0. The van der Waals surface area contributed by atoms with Gasteiger partial charge in [0.15, 0.2) is 0 Å². The maximum atomic E-state index is 6.16. The van der Waals surface area contributed by atoms with Crippen molar-refractivity contribution in [1.29, 1.82) is 0 Å². The fraction of sp³-hybridized carbons (Fsp3) is 0.368. The van der Waals surface area contributed by atoms with Crippen LogP contribution in [0, 0.1) is 0 Å². The molecule has 0 spiro atoms. The lowest BCUT2D eigenvalue weighted by Crippen LogP contribution is -2.37. The number of benzene rings is 2. The average Bonchev–Trinajstić information content (AvgIpc) is 2.59. The summed E-state index contributed by atoms with van der Waals surface area (Å²) in [6, 6.07) is 16.6. The van der Waals surface area contributed by atoms with Crippen molar-refractivity contribution in [1.82, 2.24) is 0 Å². The Bertz CT molecular complexity index is 609. The number of aryl methyl sites for hydroxylation is 1. The molecule has 1 aliphatic heterocycles. The van der Waals surface area contributed by atoms with Gasteiger partial charge in [0.1, 0.15) is 17.6 Å². The maximum Gasteiger partial charge on any atom is 0.123 e. The Kier molecular flexibility index (Phi) is 4.52. The summed E-state index contributed by atoms with van der Waals surface area (Å²) in [5, 5.41) is 0. The molecule has 0 bridgehead atoms. The quantitative estimate of drug-likeness (QED) is 0.835. The molecule has 3 heteroatoms. The number of ether oxygens (including phenoxy) is 2. The Morgan fingerprint density at radius 1 is 1.14 bits per heavy atom. The Labute approximate surface area is 132 Å². The van der Waals surface area contributed by atoms with Crippen molar-refractivity contribution in [2.75, 3.05) is 25.1 Å². The van der Waals surface area contributed by atoms with Crippen molar-refractivity contribution in [2.45, 2.75) is 25.9 Å². The van der Waals surface area contributed by atoms with Crippen LogP contribution < -0.4 is 14.4 Å². The molecular weight excluding hydrogens is 274 g/mol. The topological polar surface area (TPSA) is 21.7 Å². The van der Waals surface area contributed by atoms with Crippen LogP contribution in [-0.4, -0.2) is 26.3 Å². The van der Waals surface area contributed by atoms with E-state index in [4.69, 9.17) is 9.47 Å². The first-order valence-corrected chi connectivity index (χ1v) is 7.93. The highest BCUT2D eigenvalue weighted by Crippen LogP contribution is 2.28. The predicted molar refractivity (Wildman–Crippen MR) is 90.1 cm³/mol. The summed E-state index contributed by atoms with van der Waals surface area (Å²) in [6.07, 6.45) is 2.42. The van der Waals surface area contributed by atoms with Gasteiger partial charge in [0.2, 0.25) is 0 Å². The zero-order valence-electron chi connectivity index (χ0n) is 13.3. The van der Waals surface area contributed by atoms with Crippen molar-refractivity contribution < 1.29 is 9.47 Å². The molecule has 2 aromatic carbocycles. The molecule has 3 rings (SSSR count). The van der Waals surface area contributed by atoms with E-state index in [0.717, 1.165) is 37.4 Å². The Morgan fingerprint density at radius 3 is 2.64 bits per heavy atom. The third-order valence-corrected chi connectivity index (χ3v) is 4.25. The number of hydrogen-bond donors (Lipinski definition) is 0. The van der Waals surface area contributed by atoms with Crippen molar-refractivity contribution in [2.24, 2.45) is 0 Å². The summed E-state index contributed by atoms with van der Waals surface area (Å²) in [5.41, 5.74) is 2.54. The summed E-state index contributed by atoms with van der Waals surface area (Å²) in [6.45, 7) is 4.06. The van der Waals surface area contributed by atoms with E-state index in [1.165, 1.54) is 11.3 Å². The van der Waals surface area contributed by atoms with E-state index < -0.39 is 0 Å². The minimum Gasteiger partial charge on any atom is -0.497 e. The third kappa shape index (κ3) is 3.19. The molecule has 0 amide bonds. The van der Waals surface area contributed by atoms with Crippen LogP contribution in [0.1, 0.15) is 18.9 Å². The van der Waals surface area contributed by atoms with Gasteiger partial charge < -0.3 is 14.4 Å². The number of likely N-dealkylation sites (N-methyl/N-ethyl adjacent to an activating group) is 1. The highest BCUT2D eigenvalue weighted by molar-refractivity contribution is 5.49. The van der Waals surface area contributed by atoms with Crippen LogP contribution in [0.2, 0.25) is 0 Å². The molecular formula is C19H23NO2. The van der Waals surface area contributed by atoms with Crippen LogP contribution in [0.5, 0.6) is 11.5 Å². The summed E-state index contributed by atoms with van der Waals surface area (Å²) in [4.78, 5) is 2.36. The second-order valence-corrected chi connectivity index (χ2v) is 5.62. The number of nitrogens with zero attached hydrogens (tertiary/aromatic N) is 1.